The highest BCUT2D eigenvalue weighted by atomic mass is 35.5. The molecule has 1 saturated carbocycles. The summed E-state index contributed by atoms with van der Waals surface area (Å²) in [6.07, 6.45) is 4.79. The zero-order chi connectivity index (χ0) is 27.3. The molecule has 3 atom stereocenters. The number of hydrogen-bond acceptors (Lipinski definition) is 6. The van der Waals surface area contributed by atoms with Gasteiger partial charge in [-0.15, -0.1) is 0 Å². The van der Waals surface area contributed by atoms with Crippen molar-refractivity contribution in [1.82, 2.24) is 0 Å². The van der Waals surface area contributed by atoms with Crippen molar-refractivity contribution in [3.63, 3.8) is 0 Å². The Balaban J connectivity index is 1.55. The second-order valence-corrected chi connectivity index (χ2v) is 12.9. The second-order valence-electron chi connectivity index (χ2n) is 12.4. The number of ether oxygens (including phenoxy) is 3. The van der Waals surface area contributed by atoms with Crippen LogP contribution >= 0.6 is 11.6 Å². The van der Waals surface area contributed by atoms with Gasteiger partial charge in [-0.05, 0) is 107 Å². The SMILES string of the molecule is COC(=O)[C@]1(C)CC[C@@H]1CN1C[C@@]2(CCCc3cc(Cl)ccc32)COc2ccc(C(=O)OC(C)(C)C)cc21. The molecule has 0 N–H and O–H groups in total. The Morgan fingerprint density at radius 1 is 1.16 bits per heavy atom. The lowest BCUT2D eigenvalue weighted by molar-refractivity contribution is -0.162. The van der Waals surface area contributed by atoms with E-state index in [4.69, 9.17) is 25.8 Å². The molecule has 0 amide bonds. The number of carbonyl (C=O) groups excluding carboxylic acids is 2. The Labute approximate surface area is 230 Å². The molecule has 5 rings (SSSR count). The highest BCUT2D eigenvalue weighted by Crippen LogP contribution is 2.50. The number of anilines is 1. The van der Waals surface area contributed by atoms with E-state index in [1.54, 1.807) is 6.07 Å². The number of hydrogen-bond donors (Lipinski definition) is 0. The highest BCUT2D eigenvalue weighted by molar-refractivity contribution is 6.30. The number of methoxy groups -OCH3 is 1. The molecule has 0 unspecified atom stereocenters. The molecular weight excluding hydrogens is 502 g/mol. The number of benzene rings is 2. The molecular formula is C31H38ClNO5. The van der Waals surface area contributed by atoms with Crippen LogP contribution in [0, 0.1) is 11.3 Å². The molecule has 7 heteroatoms. The quantitative estimate of drug-likeness (QED) is 0.421. The van der Waals surface area contributed by atoms with E-state index in [0.29, 0.717) is 18.7 Å². The third-order valence-electron chi connectivity index (χ3n) is 8.68. The first-order chi connectivity index (χ1) is 17.9. The van der Waals surface area contributed by atoms with Gasteiger partial charge in [0.25, 0.3) is 0 Å². The minimum absolute atomic E-state index is 0.136. The first kappa shape index (κ1) is 26.9. The normalized spacial score (nSPS) is 26.4. The van der Waals surface area contributed by atoms with E-state index in [1.165, 1.54) is 18.2 Å². The molecule has 3 aliphatic rings. The summed E-state index contributed by atoms with van der Waals surface area (Å²) < 4.78 is 17.4. The molecule has 204 valence electrons. The van der Waals surface area contributed by atoms with Gasteiger partial charge >= 0.3 is 11.9 Å². The molecule has 2 aromatic carbocycles. The molecule has 1 heterocycles. The number of nitrogens with zero attached hydrogens (tertiary/aromatic N) is 1. The number of rotatable bonds is 4. The van der Waals surface area contributed by atoms with Gasteiger partial charge < -0.3 is 19.1 Å². The molecule has 0 bridgehead atoms. The van der Waals surface area contributed by atoms with Gasteiger partial charge in [-0.3, -0.25) is 4.79 Å². The molecule has 2 aromatic rings. The first-order valence-corrected chi connectivity index (χ1v) is 13.9. The monoisotopic (exact) mass is 539 g/mol. The Kier molecular flexibility index (Phi) is 6.91. The van der Waals surface area contributed by atoms with E-state index in [-0.39, 0.29) is 23.3 Å². The summed E-state index contributed by atoms with van der Waals surface area (Å²) in [5, 5.41) is 0.751. The average Bonchev–Trinajstić information content (AvgIpc) is 3.01. The minimum atomic E-state index is -0.592. The van der Waals surface area contributed by atoms with Crippen LogP contribution in [-0.2, 0) is 26.1 Å². The van der Waals surface area contributed by atoms with Crippen LogP contribution in [-0.4, -0.2) is 44.3 Å². The molecule has 1 fully saturated rings. The predicted octanol–water partition coefficient (Wildman–Crippen LogP) is 6.36. The molecule has 1 spiro atoms. The van der Waals surface area contributed by atoms with Crippen molar-refractivity contribution in [3.8, 4) is 5.75 Å². The van der Waals surface area contributed by atoms with Crippen LogP contribution in [0.4, 0.5) is 5.69 Å². The number of esters is 2. The van der Waals surface area contributed by atoms with E-state index in [0.717, 1.165) is 55.1 Å². The van der Waals surface area contributed by atoms with Gasteiger partial charge in [-0.1, -0.05) is 17.7 Å². The third-order valence-corrected chi connectivity index (χ3v) is 8.91. The molecule has 0 saturated heterocycles. The Morgan fingerprint density at radius 3 is 2.63 bits per heavy atom. The van der Waals surface area contributed by atoms with E-state index in [1.807, 2.05) is 45.9 Å². The number of carbonyl (C=O) groups is 2. The number of aryl methyl sites for hydroxylation is 1. The van der Waals surface area contributed by atoms with Crippen molar-refractivity contribution in [1.29, 1.82) is 0 Å². The topological polar surface area (TPSA) is 65.1 Å². The molecule has 2 aliphatic carbocycles. The minimum Gasteiger partial charge on any atom is -0.490 e. The lowest BCUT2D eigenvalue weighted by atomic mass is 9.61. The second kappa shape index (κ2) is 9.78. The van der Waals surface area contributed by atoms with Crippen molar-refractivity contribution in [3.05, 3.63) is 58.1 Å². The summed E-state index contributed by atoms with van der Waals surface area (Å²) in [5.74, 6) is 0.362. The van der Waals surface area contributed by atoms with Gasteiger partial charge in [-0.2, -0.15) is 0 Å². The fourth-order valence-electron chi connectivity index (χ4n) is 6.42. The van der Waals surface area contributed by atoms with Crippen LogP contribution in [0.25, 0.3) is 0 Å². The maximum Gasteiger partial charge on any atom is 0.338 e. The summed E-state index contributed by atoms with van der Waals surface area (Å²) in [7, 11) is 1.46. The molecule has 1 aliphatic heterocycles. The van der Waals surface area contributed by atoms with Crippen molar-refractivity contribution >= 4 is 29.2 Å². The van der Waals surface area contributed by atoms with E-state index in [2.05, 4.69) is 17.0 Å². The summed E-state index contributed by atoms with van der Waals surface area (Å²) in [5.41, 5.74) is 2.57. The summed E-state index contributed by atoms with van der Waals surface area (Å²) in [6.45, 7) is 9.53. The van der Waals surface area contributed by atoms with Gasteiger partial charge in [0.1, 0.15) is 11.4 Å². The smallest absolute Gasteiger partial charge is 0.338 e. The Bertz CT molecular complexity index is 1250. The van der Waals surface area contributed by atoms with Crippen molar-refractivity contribution in [2.75, 3.05) is 31.7 Å². The molecule has 6 nitrogen and oxygen atoms in total. The summed E-state index contributed by atoms with van der Waals surface area (Å²) in [4.78, 5) is 28.0. The van der Waals surface area contributed by atoms with Crippen molar-refractivity contribution in [2.45, 2.75) is 70.8 Å². The average molecular weight is 540 g/mol. The molecule has 38 heavy (non-hydrogen) atoms. The molecule has 0 aromatic heterocycles. The van der Waals surface area contributed by atoms with Crippen molar-refractivity contribution in [2.24, 2.45) is 11.3 Å². The van der Waals surface area contributed by atoms with Gasteiger partial charge in [-0.25, -0.2) is 4.79 Å². The summed E-state index contributed by atoms with van der Waals surface area (Å²) in [6, 6.07) is 11.8. The standard InChI is InChI=1S/C31H38ClNO5/c1-29(2,3)38-27(34)21-8-11-26-25(16-21)33(17-22-12-14-30(22,4)28(35)36-5)18-31(19-37-26)13-6-7-20-15-23(32)9-10-24(20)31/h8-11,15-16,22H,6-7,12-14,17-19H2,1-5H3/t22-,30-,31+/m1/s1. The van der Waals surface area contributed by atoms with E-state index in [9.17, 15) is 9.59 Å². The molecule has 0 radical (unpaired) electrons. The Morgan fingerprint density at radius 2 is 1.95 bits per heavy atom. The largest absolute Gasteiger partial charge is 0.490 e. The Hall–Kier alpha value is -2.73. The fourth-order valence-corrected chi connectivity index (χ4v) is 6.61. The first-order valence-electron chi connectivity index (χ1n) is 13.6. The van der Waals surface area contributed by atoms with Crippen LogP contribution in [0.2, 0.25) is 5.02 Å². The van der Waals surface area contributed by atoms with Gasteiger partial charge in [0, 0.05) is 23.5 Å². The maximum absolute atomic E-state index is 13.0. The van der Waals surface area contributed by atoms with Crippen molar-refractivity contribution < 1.29 is 23.8 Å². The fraction of sp³-hybridized carbons (Fsp3) is 0.548. The van der Waals surface area contributed by atoms with E-state index >= 15 is 0 Å². The lowest BCUT2D eigenvalue weighted by Gasteiger charge is -2.48. The van der Waals surface area contributed by atoms with E-state index < -0.39 is 11.0 Å². The number of fused-ring (bicyclic) bond motifs is 3. The third kappa shape index (κ3) is 4.88. The van der Waals surface area contributed by atoms with Crippen LogP contribution in [0.1, 0.15) is 74.9 Å². The van der Waals surface area contributed by atoms with Gasteiger partial charge in [0.2, 0.25) is 0 Å². The predicted molar refractivity (Wildman–Crippen MR) is 148 cm³/mol. The lowest BCUT2D eigenvalue weighted by Crippen LogP contribution is -2.53. The van der Waals surface area contributed by atoms with Crippen LogP contribution in [0.15, 0.2) is 36.4 Å². The number of halogens is 1. The zero-order valence-corrected chi connectivity index (χ0v) is 23.8. The zero-order valence-electron chi connectivity index (χ0n) is 23.1. The van der Waals surface area contributed by atoms with Crippen LogP contribution in [0.5, 0.6) is 5.75 Å². The maximum atomic E-state index is 13.0. The van der Waals surface area contributed by atoms with Gasteiger partial charge in [0.05, 0.1) is 30.4 Å². The van der Waals surface area contributed by atoms with Crippen LogP contribution < -0.4 is 9.64 Å². The van der Waals surface area contributed by atoms with Gasteiger partial charge in [0.15, 0.2) is 0 Å². The summed E-state index contributed by atoms with van der Waals surface area (Å²) >= 11 is 6.37. The highest BCUT2D eigenvalue weighted by Gasteiger charge is 2.51. The van der Waals surface area contributed by atoms with Crippen LogP contribution in [0.3, 0.4) is 0 Å².